The minimum atomic E-state index is -1.29. The molecule has 4 atom stereocenters. The van der Waals surface area contributed by atoms with E-state index in [1.54, 1.807) is 0 Å². The third-order valence-electron chi connectivity index (χ3n) is 11.3. The molecule has 330 valence electrons. The number of aliphatic hydroxyl groups excluding tert-OH is 4. The average Bonchev–Trinajstić information content (AvgIpc) is 3.20. The standard InChI is InChI=1S/C50H95NO5/c1-3-5-7-9-11-13-15-17-19-21-22-23-24-25-26-28-29-31-33-35-37-39-41-43-47(53)49(55)46(45-52)51-50(56)48(54)44-42-40-38-36-34-32-30-27-20-18-16-14-12-10-8-6-4-2/h23-24,28-29,35,37,46-49,52-55H,3-22,25-27,30-34,36,38-45H2,1-2H3,(H,51,56)/b24-23+,29-28+,37-35+. The summed E-state index contributed by atoms with van der Waals surface area (Å²) in [5.74, 6) is -0.597. The van der Waals surface area contributed by atoms with Gasteiger partial charge in [0.1, 0.15) is 12.2 Å². The zero-order valence-electron chi connectivity index (χ0n) is 37.1. The maximum Gasteiger partial charge on any atom is 0.249 e. The van der Waals surface area contributed by atoms with E-state index in [-0.39, 0.29) is 0 Å². The Bertz CT molecular complexity index is 889. The van der Waals surface area contributed by atoms with Crippen molar-refractivity contribution in [2.75, 3.05) is 6.61 Å². The largest absolute Gasteiger partial charge is 0.394 e. The van der Waals surface area contributed by atoms with E-state index in [1.165, 1.54) is 161 Å². The van der Waals surface area contributed by atoms with E-state index in [0.29, 0.717) is 19.3 Å². The van der Waals surface area contributed by atoms with Crippen LogP contribution in [0.4, 0.5) is 0 Å². The third-order valence-corrected chi connectivity index (χ3v) is 11.3. The lowest BCUT2D eigenvalue weighted by Crippen LogP contribution is -2.53. The van der Waals surface area contributed by atoms with Gasteiger partial charge >= 0.3 is 0 Å². The molecular formula is C50H95NO5. The van der Waals surface area contributed by atoms with Crippen molar-refractivity contribution < 1.29 is 25.2 Å². The molecule has 0 aromatic rings. The number of hydrogen-bond acceptors (Lipinski definition) is 5. The van der Waals surface area contributed by atoms with Gasteiger partial charge in [-0.1, -0.05) is 217 Å². The second kappa shape index (κ2) is 44.6. The van der Waals surface area contributed by atoms with Crippen LogP contribution in [0.3, 0.4) is 0 Å². The van der Waals surface area contributed by atoms with Crippen molar-refractivity contribution in [3.8, 4) is 0 Å². The van der Waals surface area contributed by atoms with E-state index >= 15 is 0 Å². The fourth-order valence-electron chi connectivity index (χ4n) is 7.44. The molecule has 0 saturated carbocycles. The van der Waals surface area contributed by atoms with Crippen LogP contribution in [0.2, 0.25) is 0 Å². The smallest absolute Gasteiger partial charge is 0.249 e. The topological polar surface area (TPSA) is 110 Å². The van der Waals surface area contributed by atoms with Crippen LogP contribution < -0.4 is 5.32 Å². The predicted octanol–water partition coefficient (Wildman–Crippen LogP) is 13.3. The molecule has 0 aliphatic carbocycles. The molecule has 5 N–H and O–H groups in total. The third kappa shape index (κ3) is 38.1. The summed E-state index contributed by atoms with van der Waals surface area (Å²) in [6, 6.07) is -1.01. The molecule has 56 heavy (non-hydrogen) atoms. The van der Waals surface area contributed by atoms with E-state index in [9.17, 15) is 25.2 Å². The summed E-state index contributed by atoms with van der Waals surface area (Å²) in [5.41, 5.74) is 0. The first-order valence-electron chi connectivity index (χ1n) is 24.4. The van der Waals surface area contributed by atoms with Crippen molar-refractivity contribution in [2.45, 2.75) is 269 Å². The van der Waals surface area contributed by atoms with Crippen LogP contribution in [-0.2, 0) is 4.79 Å². The Labute approximate surface area is 347 Å². The molecule has 1 amide bonds. The molecular weight excluding hydrogens is 695 g/mol. The van der Waals surface area contributed by atoms with Gasteiger partial charge in [0.05, 0.1) is 18.8 Å². The minimum absolute atomic E-state index is 0.361. The molecule has 0 heterocycles. The summed E-state index contributed by atoms with van der Waals surface area (Å²) in [4.78, 5) is 12.5. The van der Waals surface area contributed by atoms with Crippen molar-refractivity contribution >= 4 is 5.91 Å². The zero-order chi connectivity index (χ0) is 41.0. The van der Waals surface area contributed by atoms with Crippen LogP contribution in [-0.4, -0.2) is 57.3 Å². The lowest BCUT2D eigenvalue weighted by Gasteiger charge is -2.27. The summed E-state index contributed by atoms with van der Waals surface area (Å²) in [7, 11) is 0. The molecule has 0 bridgehead atoms. The number of aliphatic hydroxyl groups is 4. The molecule has 0 aromatic carbocycles. The van der Waals surface area contributed by atoms with Crippen LogP contribution in [0.1, 0.15) is 245 Å². The van der Waals surface area contributed by atoms with Crippen LogP contribution >= 0.6 is 0 Å². The molecule has 0 radical (unpaired) electrons. The van der Waals surface area contributed by atoms with E-state index in [1.807, 2.05) is 0 Å². The van der Waals surface area contributed by atoms with Gasteiger partial charge in [-0.2, -0.15) is 0 Å². The van der Waals surface area contributed by atoms with Gasteiger partial charge < -0.3 is 25.7 Å². The van der Waals surface area contributed by atoms with Gasteiger partial charge in [-0.3, -0.25) is 4.79 Å². The number of hydrogen-bond donors (Lipinski definition) is 5. The molecule has 0 saturated heterocycles. The van der Waals surface area contributed by atoms with E-state index < -0.39 is 36.9 Å². The fourth-order valence-corrected chi connectivity index (χ4v) is 7.44. The molecule has 6 heteroatoms. The summed E-state index contributed by atoms with van der Waals surface area (Å²) in [6.45, 7) is 4.05. The Morgan fingerprint density at radius 2 is 0.750 bits per heavy atom. The van der Waals surface area contributed by atoms with Crippen molar-refractivity contribution in [2.24, 2.45) is 0 Å². The van der Waals surface area contributed by atoms with Gasteiger partial charge in [-0.25, -0.2) is 0 Å². The second-order valence-corrected chi connectivity index (χ2v) is 16.8. The van der Waals surface area contributed by atoms with E-state index in [2.05, 4.69) is 55.6 Å². The first-order valence-corrected chi connectivity index (χ1v) is 24.4. The highest BCUT2D eigenvalue weighted by molar-refractivity contribution is 5.80. The summed E-state index contributed by atoms with van der Waals surface area (Å²) in [6.07, 6.45) is 53.3. The Morgan fingerprint density at radius 1 is 0.429 bits per heavy atom. The van der Waals surface area contributed by atoms with Gasteiger partial charge in [-0.05, 0) is 64.2 Å². The average molecular weight is 790 g/mol. The SMILES string of the molecule is CCCCCCCCCCCC/C=C/CC/C=C/CC/C=C/CCCC(O)C(O)C(CO)NC(=O)C(O)CCCCCCCCCCCCCCCCCCC. The van der Waals surface area contributed by atoms with Crippen molar-refractivity contribution in [1.82, 2.24) is 5.32 Å². The predicted molar refractivity (Wildman–Crippen MR) is 242 cm³/mol. The Balaban J connectivity index is 3.77. The van der Waals surface area contributed by atoms with Gasteiger partial charge in [0.2, 0.25) is 5.91 Å². The van der Waals surface area contributed by atoms with Crippen LogP contribution in [0.15, 0.2) is 36.5 Å². The van der Waals surface area contributed by atoms with Crippen molar-refractivity contribution in [1.29, 1.82) is 0 Å². The van der Waals surface area contributed by atoms with Gasteiger partial charge in [0, 0.05) is 0 Å². The maximum atomic E-state index is 12.5. The number of allylic oxidation sites excluding steroid dienone is 6. The van der Waals surface area contributed by atoms with Crippen LogP contribution in [0, 0.1) is 0 Å². The molecule has 6 nitrogen and oxygen atoms in total. The minimum Gasteiger partial charge on any atom is -0.394 e. The summed E-state index contributed by atoms with van der Waals surface area (Å²) >= 11 is 0. The first kappa shape index (κ1) is 54.5. The lowest BCUT2D eigenvalue weighted by atomic mass is 10.00. The van der Waals surface area contributed by atoms with Crippen molar-refractivity contribution in [3.63, 3.8) is 0 Å². The zero-order valence-corrected chi connectivity index (χ0v) is 37.1. The summed E-state index contributed by atoms with van der Waals surface area (Å²) in [5, 5.41) is 43.8. The number of unbranched alkanes of at least 4 members (excludes halogenated alkanes) is 29. The Kier molecular flexibility index (Phi) is 43.5. The van der Waals surface area contributed by atoms with E-state index in [4.69, 9.17) is 0 Å². The highest BCUT2D eigenvalue weighted by atomic mass is 16.3. The van der Waals surface area contributed by atoms with Crippen LogP contribution in [0.5, 0.6) is 0 Å². The first-order chi connectivity index (χ1) is 27.5. The number of amides is 1. The number of carbonyl (C=O) groups is 1. The van der Waals surface area contributed by atoms with Crippen LogP contribution in [0.25, 0.3) is 0 Å². The number of carbonyl (C=O) groups excluding carboxylic acids is 1. The second-order valence-electron chi connectivity index (χ2n) is 16.8. The quantitative estimate of drug-likeness (QED) is 0.0312. The van der Waals surface area contributed by atoms with Crippen molar-refractivity contribution in [3.05, 3.63) is 36.5 Å². The molecule has 0 aliphatic heterocycles. The maximum absolute atomic E-state index is 12.5. The molecule has 0 spiro atoms. The van der Waals surface area contributed by atoms with Gasteiger partial charge in [0.25, 0.3) is 0 Å². The highest BCUT2D eigenvalue weighted by Crippen LogP contribution is 2.16. The monoisotopic (exact) mass is 790 g/mol. The van der Waals surface area contributed by atoms with E-state index in [0.717, 1.165) is 51.4 Å². The molecule has 0 fully saturated rings. The fraction of sp³-hybridized carbons (Fsp3) is 0.860. The highest BCUT2D eigenvalue weighted by Gasteiger charge is 2.28. The van der Waals surface area contributed by atoms with Gasteiger partial charge in [-0.15, -0.1) is 0 Å². The Morgan fingerprint density at radius 3 is 1.12 bits per heavy atom. The molecule has 4 unspecified atom stereocenters. The van der Waals surface area contributed by atoms with Gasteiger partial charge in [0.15, 0.2) is 0 Å². The molecule has 0 aliphatic rings. The molecule has 0 aromatic heterocycles. The molecule has 0 rings (SSSR count). The summed E-state index contributed by atoms with van der Waals surface area (Å²) < 4.78 is 0. The number of nitrogens with one attached hydrogen (secondary N) is 1. The normalized spacial score (nSPS) is 14.3. The lowest BCUT2D eigenvalue weighted by molar-refractivity contribution is -0.132. The Hall–Kier alpha value is -1.47. The number of rotatable bonds is 44.